The molecule has 19 heavy (non-hydrogen) atoms. The molecule has 1 heterocycles. The van der Waals surface area contributed by atoms with Crippen LogP contribution in [0, 0.1) is 0 Å². The highest BCUT2D eigenvalue weighted by atomic mass is 16.1. The summed E-state index contributed by atoms with van der Waals surface area (Å²) >= 11 is 0. The van der Waals surface area contributed by atoms with Crippen LogP contribution in [-0.2, 0) is 0 Å². The first-order valence-electron chi connectivity index (χ1n) is 6.94. The summed E-state index contributed by atoms with van der Waals surface area (Å²) in [6.07, 6.45) is 8.51. The number of rotatable bonds is 4. The number of hydrogen-bond donors (Lipinski definition) is 1. The molecule has 3 rings (SSSR count). The molecule has 0 aliphatic heterocycles. The Bertz CT molecular complexity index is 583. The Kier molecular flexibility index (Phi) is 3.56. The number of nitrogens with one attached hydrogen (secondary N) is 1. The van der Waals surface area contributed by atoms with Gasteiger partial charge in [-0.1, -0.05) is 31.0 Å². The Morgan fingerprint density at radius 1 is 1.26 bits per heavy atom. The van der Waals surface area contributed by atoms with E-state index in [1.165, 1.54) is 25.7 Å². The van der Waals surface area contributed by atoms with Gasteiger partial charge in [0.15, 0.2) is 5.78 Å². The summed E-state index contributed by atoms with van der Waals surface area (Å²) in [4.78, 5) is 16.4. The number of pyridine rings is 1. The lowest BCUT2D eigenvalue weighted by atomic mass is 10.0. The summed E-state index contributed by atoms with van der Waals surface area (Å²) in [5.74, 6) is 0.170. The molecule has 1 fully saturated rings. The number of benzene rings is 1. The van der Waals surface area contributed by atoms with E-state index in [0.717, 1.165) is 16.3 Å². The second kappa shape index (κ2) is 5.49. The Morgan fingerprint density at radius 2 is 2.11 bits per heavy atom. The van der Waals surface area contributed by atoms with Crippen LogP contribution in [0.25, 0.3) is 10.8 Å². The average molecular weight is 254 g/mol. The van der Waals surface area contributed by atoms with Crippen molar-refractivity contribution in [2.24, 2.45) is 0 Å². The van der Waals surface area contributed by atoms with E-state index in [0.29, 0.717) is 12.6 Å². The molecule has 0 saturated heterocycles. The van der Waals surface area contributed by atoms with Crippen molar-refractivity contribution in [3.8, 4) is 0 Å². The van der Waals surface area contributed by atoms with Crippen LogP contribution >= 0.6 is 0 Å². The Hall–Kier alpha value is -1.74. The number of nitrogens with zero attached hydrogens (tertiary/aromatic N) is 1. The number of fused-ring (bicyclic) bond motifs is 1. The maximum absolute atomic E-state index is 12.3. The predicted molar refractivity (Wildman–Crippen MR) is 76.3 cm³/mol. The molecule has 0 amide bonds. The summed E-state index contributed by atoms with van der Waals surface area (Å²) in [6, 6.07) is 8.26. The first kappa shape index (κ1) is 12.3. The van der Waals surface area contributed by atoms with Gasteiger partial charge in [-0.2, -0.15) is 0 Å². The van der Waals surface area contributed by atoms with Crippen LogP contribution in [0.4, 0.5) is 0 Å². The minimum atomic E-state index is 0.170. The lowest BCUT2D eigenvalue weighted by Crippen LogP contribution is -2.31. The molecule has 2 aromatic rings. The second-order valence-electron chi connectivity index (χ2n) is 5.19. The molecule has 3 heteroatoms. The minimum absolute atomic E-state index is 0.170. The summed E-state index contributed by atoms with van der Waals surface area (Å²) in [6.45, 7) is 0.437. The van der Waals surface area contributed by atoms with E-state index in [4.69, 9.17) is 0 Å². The average Bonchev–Trinajstić information content (AvgIpc) is 2.97. The molecule has 1 aromatic carbocycles. The van der Waals surface area contributed by atoms with Gasteiger partial charge in [0.05, 0.1) is 6.54 Å². The zero-order valence-electron chi connectivity index (χ0n) is 10.9. The van der Waals surface area contributed by atoms with Crippen LogP contribution in [-0.4, -0.2) is 23.4 Å². The molecule has 3 nitrogen and oxygen atoms in total. The predicted octanol–water partition coefficient (Wildman–Crippen LogP) is 2.95. The quantitative estimate of drug-likeness (QED) is 0.853. The van der Waals surface area contributed by atoms with Crippen LogP contribution in [0.3, 0.4) is 0 Å². The van der Waals surface area contributed by atoms with Crippen molar-refractivity contribution in [3.05, 3.63) is 42.2 Å². The van der Waals surface area contributed by atoms with E-state index in [1.807, 2.05) is 24.3 Å². The zero-order valence-corrected chi connectivity index (χ0v) is 10.9. The third-order valence-electron chi connectivity index (χ3n) is 3.89. The topological polar surface area (TPSA) is 42.0 Å². The third kappa shape index (κ3) is 2.66. The van der Waals surface area contributed by atoms with Crippen molar-refractivity contribution in [3.63, 3.8) is 0 Å². The first-order valence-corrected chi connectivity index (χ1v) is 6.94. The fraction of sp³-hybridized carbons (Fsp3) is 0.375. The van der Waals surface area contributed by atoms with Crippen LogP contribution in [0.1, 0.15) is 36.0 Å². The molecule has 1 aliphatic rings. The van der Waals surface area contributed by atoms with Crippen molar-refractivity contribution in [1.29, 1.82) is 0 Å². The molecule has 1 aliphatic carbocycles. The van der Waals surface area contributed by atoms with Crippen LogP contribution < -0.4 is 5.32 Å². The third-order valence-corrected chi connectivity index (χ3v) is 3.89. The number of carbonyl (C=O) groups excluding carboxylic acids is 1. The van der Waals surface area contributed by atoms with Gasteiger partial charge < -0.3 is 5.32 Å². The van der Waals surface area contributed by atoms with Gasteiger partial charge in [-0.05, 0) is 24.3 Å². The fourth-order valence-electron chi connectivity index (χ4n) is 2.83. The summed E-state index contributed by atoms with van der Waals surface area (Å²) in [5.41, 5.74) is 0.797. The second-order valence-corrected chi connectivity index (χ2v) is 5.19. The van der Waals surface area contributed by atoms with Gasteiger partial charge in [-0.3, -0.25) is 9.78 Å². The van der Waals surface area contributed by atoms with Crippen molar-refractivity contribution in [2.75, 3.05) is 6.54 Å². The van der Waals surface area contributed by atoms with Crippen LogP contribution in [0.5, 0.6) is 0 Å². The number of Topliss-reactive ketones (excluding diaryl/α,β-unsaturated/α-hetero) is 1. The molecule has 0 atom stereocenters. The highest BCUT2D eigenvalue weighted by Gasteiger charge is 2.16. The molecule has 0 bridgehead atoms. The number of ketones is 1. The van der Waals surface area contributed by atoms with Crippen molar-refractivity contribution in [1.82, 2.24) is 10.3 Å². The van der Waals surface area contributed by atoms with Gasteiger partial charge in [0, 0.05) is 29.4 Å². The lowest BCUT2D eigenvalue weighted by Gasteiger charge is -2.11. The number of aromatic nitrogens is 1. The Labute approximate surface area is 113 Å². The largest absolute Gasteiger partial charge is 0.307 e. The molecular weight excluding hydrogens is 236 g/mol. The molecular formula is C16H18N2O. The number of carbonyl (C=O) groups is 1. The van der Waals surface area contributed by atoms with Gasteiger partial charge in [-0.15, -0.1) is 0 Å². The maximum atomic E-state index is 12.3. The summed E-state index contributed by atoms with van der Waals surface area (Å²) in [7, 11) is 0. The van der Waals surface area contributed by atoms with Gasteiger partial charge in [0.1, 0.15) is 0 Å². The van der Waals surface area contributed by atoms with E-state index < -0.39 is 0 Å². The molecule has 98 valence electrons. The molecule has 1 N–H and O–H groups in total. The van der Waals surface area contributed by atoms with Gasteiger partial charge in [0.2, 0.25) is 0 Å². The molecule has 0 spiro atoms. The van der Waals surface area contributed by atoms with E-state index in [9.17, 15) is 4.79 Å². The zero-order chi connectivity index (χ0) is 13.1. The summed E-state index contributed by atoms with van der Waals surface area (Å²) in [5, 5.41) is 5.40. The standard InChI is InChI=1S/C16H18N2O/c19-16(11-18-13-5-1-2-6-13)15-7-3-4-12-10-17-9-8-14(12)15/h3-4,7-10,13,18H,1-2,5-6,11H2. The molecule has 0 unspecified atom stereocenters. The van der Waals surface area contributed by atoms with Crippen molar-refractivity contribution in [2.45, 2.75) is 31.7 Å². The molecule has 1 aromatic heterocycles. The molecule has 0 radical (unpaired) electrons. The van der Waals surface area contributed by atoms with E-state index in [1.54, 1.807) is 12.4 Å². The monoisotopic (exact) mass is 254 g/mol. The van der Waals surface area contributed by atoms with E-state index >= 15 is 0 Å². The number of hydrogen-bond acceptors (Lipinski definition) is 3. The van der Waals surface area contributed by atoms with E-state index in [-0.39, 0.29) is 5.78 Å². The van der Waals surface area contributed by atoms with Gasteiger partial charge >= 0.3 is 0 Å². The summed E-state index contributed by atoms with van der Waals surface area (Å²) < 4.78 is 0. The van der Waals surface area contributed by atoms with E-state index in [2.05, 4.69) is 10.3 Å². The smallest absolute Gasteiger partial charge is 0.177 e. The van der Waals surface area contributed by atoms with Crippen LogP contribution in [0.15, 0.2) is 36.7 Å². The minimum Gasteiger partial charge on any atom is -0.307 e. The van der Waals surface area contributed by atoms with Crippen molar-refractivity contribution >= 4 is 16.6 Å². The highest BCUT2D eigenvalue weighted by Crippen LogP contribution is 2.19. The van der Waals surface area contributed by atoms with Gasteiger partial charge in [0.25, 0.3) is 0 Å². The first-order chi connectivity index (χ1) is 9.34. The normalized spacial score (nSPS) is 16.0. The maximum Gasteiger partial charge on any atom is 0.177 e. The van der Waals surface area contributed by atoms with Gasteiger partial charge in [-0.25, -0.2) is 0 Å². The van der Waals surface area contributed by atoms with Crippen LogP contribution in [0.2, 0.25) is 0 Å². The Morgan fingerprint density at radius 3 is 2.95 bits per heavy atom. The Balaban J connectivity index is 1.77. The highest BCUT2D eigenvalue weighted by molar-refractivity contribution is 6.08. The fourth-order valence-corrected chi connectivity index (χ4v) is 2.83. The SMILES string of the molecule is O=C(CNC1CCCC1)c1cccc2cnccc12. The lowest BCUT2D eigenvalue weighted by molar-refractivity contribution is 0.0989. The van der Waals surface area contributed by atoms with Crippen molar-refractivity contribution < 1.29 is 4.79 Å². The molecule has 1 saturated carbocycles.